The van der Waals surface area contributed by atoms with Crippen molar-refractivity contribution in [1.29, 1.82) is 0 Å². The Morgan fingerprint density at radius 3 is 2.65 bits per heavy atom. The average Bonchev–Trinajstić information content (AvgIpc) is 2.96. The number of non-ortho nitro benzene ring substituents is 1. The standard InChI is InChI=1S/C16H11ClN4O3S2/c1-8-6-13-12(7-11(8)17)18-16(26-13)20-15(25)19-14(22)9-2-4-10(5-3-9)21(23)24/h2-7H,1H3,(H2,18,19,20,22,25). The number of hydrogen-bond acceptors (Lipinski definition) is 6. The van der Waals surface area contributed by atoms with Crippen molar-refractivity contribution >= 4 is 67.2 Å². The first-order chi connectivity index (χ1) is 12.3. The highest BCUT2D eigenvalue weighted by Crippen LogP contribution is 2.30. The highest BCUT2D eigenvalue weighted by Gasteiger charge is 2.12. The Kier molecular flexibility index (Phi) is 5.12. The van der Waals surface area contributed by atoms with E-state index in [0.717, 1.165) is 15.8 Å². The number of nitro benzene ring substituents is 1. The number of amides is 1. The molecule has 0 saturated carbocycles. The molecule has 0 aliphatic heterocycles. The van der Waals surface area contributed by atoms with E-state index in [4.69, 9.17) is 23.8 Å². The maximum absolute atomic E-state index is 12.1. The summed E-state index contributed by atoms with van der Waals surface area (Å²) in [4.78, 5) is 26.6. The number of carbonyl (C=O) groups is 1. The maximum atomic E-state index is 12.1. The molecule has 1 aromatic heterocycles. The number of rotatable bonds is 3. The molecule has 0 bridgehead atoms. The minimum Gasteiger partial charge on any atom is -0.308 e. The molecule has 0 unspecified atom stereocenters. The number of halogens is 1. The Morgan fingerprint density at radius 1 is 1.31 bits per heavy atom. The molecule has 26 heavy (non-hydrogen) atoms. The van der Waals surface area contributed by atoms with Crippen LogP contribution in [0.4, 0.5) is 10.8 Å². The SMILES string of the molecule is Cc1cc2sc(NC(=S)NC(=O)c3ccc([N+](=O)[O-])cc3)nc2cc1Cl. The summed E-state index contributed by atoms with van der Waals surface area (Å²) in [6.07, 6.45) is 0. The van der Waals surface area contributed by atoms with Gasteiger partial charge in [0.2, 0.25) is 0 Å². The molecule has 7 nitrogen and oxygen atoms in total. The number of aromatic nitrogens is 1. The van der Waals surface area contributed by atoms with Gasteiger partial charge in [0.05, 0.1) is 15.1 Å². The predicted molar refractivity (Wildman–Crippen MR) is 106 cm³/mol. The molecule has 0 spiro atoms. The van der Waals surface area contributed by atoms with Crippen LogP contribution in [-0.4, -0.2) is 20.9 Å². The minimum absolute atomic E-state index is 0.0789. The highest BCUT2D eigenvalue weighted by atomic mass is 35.5. The van der Waals surface area contributed by atoms with Gasteiger partial charge in [0, 0.05) is 22.7 Å². The van der Waals surface area contributed by atoms with E-state index in [1.54, 1.807) is 6.07 Å². The number of benzene rings is 2. The van der Waals surface area contributed by atoms with E-state index in [-0.39, 0.29) is 16.4 Å². The predicted octanol–water partition coefficient (Wildman–Crippen LogP) is 4.29. The maximum Gasteiger partial charge on any atom is 0.269 e. The van der Waals surface area contributed by atoms with Gasteiger partial charge in [0.25, 0.3) is 11.6 Å². The molecule has 10 heteroatoms. The number of thiocarbonyl (C=S) groups is 1. The number of nitrogens with one attached hydrogen (secondary N) is 2. The topological polar surface area (TPSA) is 97.2 Å². The molecular formula is C16H11ClN4O3S2. The van der Waals surface area contributed by atoms with E-state index in [1.807, 2.05) is 13.0 Å². The second-order valence-corrected chi connectivity index (χ2v) is 7.15. The summed E-state index contributed by atoms with van der Waals surface area (Å²) < 4.78 is 0.943. The Morgan fingerprint density at radius 2 is 2.00 bits per heavy atom. The van der Waals surface area contributed by atoms with Gasteiger partial charge in [-0.25, -0.2) is 4.98 Å². The minimum atomic E-state index is -0.533. The summed E-state index contributed by atoms with van der Waals surface area (Å²) in [6.45, 7) is 1.91. The van der Waals surface area contributed by atoms with Crippen molar-refractivity contribution < 1.29 is 9.72 Å². The Balaban J connectivity index is 1.68. The van der Waals surface area contributed by atoms with E-state index in [2.05, 4.69) is 15.6 Å². The van der Waals surface area contributed by atoms with Crippen molar-refractivity contribution in [2.24, 2.45) is 0 Å². The zero-order valence-electron chi connectivity index (χ0n) is 13.3. The van der Waals surface area contributed by atoms with Crippen LogP contribution in [0.5, 0.6) is 0 Å². The summed E-state index contributed by atoms with van der Waals surface area (Å²) in [5.74, 6) is -0.475. The van der Waals surface area contributed by atoms with Gasteiger partial charge >= 0.3 is 0 Å². The molecule has 2 N–H and O–H groups in total. The summed E-state index contributed by atoms with van der Waals surface area (Å²) in [5.41, 5.74) is 1.85. The number of aryl methyl sites for hydroxylation is 1. The van der Waals surface area contributed by atoms with Crippen molar-refractivity contribution in [1.82, 2.24) is 10.3 Å². The molecule has 2 aromatic carbocycles. The molecule has 0 radical (unpaired) electrons. The van der Waals surface area contributed by atoms with Crippen molar-refractivity contribution in [2.45, 2.75) is 6.92 Å². The molecule has 0 aliphatic rings. The Hall–Kier alpha value is -2.62. The first kappa shape index (κ1) is 18.2. The van der Waals surface area contributed by atoms with Gasteiger partial charge < -0.3 is 5.32 Å². The van der Waals surface area contributed by atoms with Crippen LogP contribution in [0.2, 0.25) is 5.02 Å². The fraction of sp³-hybridized carbons (Fsp3) is 0.0625. The van der Waals surface area contributed by atoms with Crippen LogP contribution < -0.4 is 10.6 Å². The lowest BCUT2D eigenvalue weighted by Gasteiger charge is -2.06. The Labute approximate surface area is 162 Å². The third-order valence-electron chi connectivity index (χ3n) is 3.46. The van der Waals surface area contributed by atoms with Crippen molar-refractivity contribution in [2.75, 3.05) is 5.32 Å². The fourth-order valence-corrected chi connectivity index (χ4v) is 3.50. The third kappa shape index (κ3) is 3.96. The quantitative estimate of drug-likeness (QED) is 0.382. The summed E-state index contributed by atoms with van der Waals surface area (Å²) >= 11 is 12.6. The normalized spacial score (nSPS) is 10.5. The van der Waals surface area contributed by atoms with Crippen molar-refractivity contribution in [3.8, 4) is 0 Å². The molecule has 132 valence electrons. The summed E-state index contributed by atoms with van der Waals surface area (Å²) in [6, 6.07) is 8.93. The number of fused-ring (bicyclic) bond motifs is 1. The number of thiazole rings is 1. The van der Waals surface area contributed by atoms with Gasteiger partial charge in [-0.15, -0.1) is 0 Å². The zero-order chi connectivity index (χ0) is 18.8. The number of anilines is 1. The van der Waals surface area contributed by atoms with Crippen molar-refractivity contribution in [3.63, 3.8) is 0 Å². The van der Waals surface area contributed by atoms with Crippen LogP contribution in [0.15, 0.2) is 36.4 Å². The molecular weight excluding hydrogens is 396 g/mol. The molecule has 3 rings (SSSR count). The van der Waals surface area contributed by atoms with Gasteiger partial charge in [-0.3, -0.25) is 20.2 Å². The molecule has 0 atom stereocenters. The van der Waals surface area contributed by atoms with Gasteiger partial charge in [0.1, 0.15) is 0 Å². The van der Waals surface area contributed by atoms with E-state index in [1.165, 1.54) is 35.6 Å². The number of nitro groups is 1. The van der Waals surface area contributed by atoms with E-state index in [9.17, 15) is 14.9 Å². The van der Waals surface area contributed by atoms with Crippen molar-refractivity contribution in [3.05, 3.63) is 62.7 Å². The average molecular weight is 407 g/mol. The van der Waals surface area contributed by atoms with E-state index < -0.39 is 10.8 Å². The summed E-state index contributed by atoms with van der Waals surface area (Å²) in [7, 11) is 0. The Bertz CT molecular complexity index is 995. The van der Waals surface area contributed by atoms with Crippen LogP contribution in [0.1, 0.15) is 15.9 Å². The summed E-state index contributed by atoms with van der Waals surface area (Å²) in [5, 5.41) is 17.2. The fourth-order valence-electron chi connectivity index (χ4n) is 2.14. The van der Waals surface area contributed by atoms with Gasteiger partial charge in [-0.1, -0.05) is 22.9 Å². The first-order valence-electron chi connectivity index (χ1n) is 7.27. The number of carbonyl (C=O) groups excluding carboxylic acids is 1. The molecule has 0 saturated heterocycles. The van der Waals surface area contributed by atoms with Crippen LogP contribution in [0, 0.1) is 17.0 Å². The second kappa shape index (κ2) is 7.32. The monoisotopic (exact) mass is 406 g/mol. The molecule has 0 aliphatic carbocycles. The largest absolute Gasteiger partial charge is 0.308 e. The van der Waals surface area contributed by atoms with Crippen LogP contribution in [-0.2, 0) is 0 Å². The van der Waals surface area contributed by atoms with Gasteiger partial charge in [0.15, 0.2) is 10.2 Å². The molecule has 0 fully saturated rings. The molecule has 3 aromatic rings. The lowest BCUT2D eigenvalue weighted by Crippen LogP contribution is -2.34. The second-order valence-electron chi connectivity index (χ2n) is 5.30. The zero-order valence-corrected chi connectivity index (χ0v) is 15.7. The van der Waals surface area contributed by atoms with E-state index in [0.29, 0.717) is 10.2 Å². The lowest BCUT2D eigenvalue weighted by molar-refractivity contribution is -0.384. The van der Waals surface area contributed by atoms with Gasteiger partial charge in [-0.2, -0.15) is 0 Å². The number of nitrogens with zero attached hydrogens (tertiary/aromatic N) is 2. The molecule has 1 heterocycles. The first-order valence-corrected chi connectivity index (χ1v) is 8.87. The lowest BCUT2D eigenvalue weighted by atomic mass is 10.2. The van der Waals surface area contributed by atoms with Crippen LogP contribution in [0.25, 0.3) is 10.2 Å². The molecule has 1 amide bonds. The third-order valence-corrected chi connectivity index (χ3v) is 5.00. The van der Waals surface area contributed by atoms with Crippen LogP contribution >= 0.6 is 35.2 Å². The smallest absolute Gasteiger partial charge is 0.269 e. The number of hydrogen-bond donors (Lipinski definition) is 2. The van der Waals surface area contributed by atoms with Gasteiger partial charge in [-0.05, 0) is 49.0 Å². The van der Waals surface area contributed by atoms with Crippen LogP contribution in [0.3, 0.4) is 0 Å². The highest BCUT2D eigenvalue weighted by molar-refractivity contribution is 7.80. The van der Waals surface area contributed by atoms with E-state index >= 15 is 0 Å².